The van der Waals surface area contributed by atoms with Crippen LogP contribution in [0.3, 0.4) is 0 Å². The van der Waals surface area contributed by atoms with E-state index in [9.17, 15) is 24.3 Å². The van der Waals surface area contributed by atoms with Gasteiger partial charge in [0.1, 0.15) is 22.9 Å². The van der Waals surface area contributed by atoms with Crippen molar-refractivity contribution < 1.29 is 43.2 Å². The normalized spacial score (nSPS) is 15.8. The molecule has 1 saturated carbocycles. The van der Waals surface area contributed by atoms with Crippen LogP contribution in [0, 0.1) is 0 Å². The Hall–Kier alpha value is -1.72. The maximum absolute atomic E-state index is 13.4. The predicted molar refractivity (Wildman–Crippen MR) is 167 cm³/mol. The van der Waals surface area contributed by atoms with Gasteiger partial charge in [-0.15, -0.1) is 0 Å². The minimum Gasteiger partial charge on any atom is -0.393 e. The molecule has 0 unspecified atom stereocenters. The molecule has 0 atom stereocenters. The van der Waals surface area contributed by atoms with Crippen LogP contribution >= 0.6 is 0 Å². The van der Waals surface area contributed by atoms with Gasteiger partial charge in [-0.25, -0.2) is 0 Å². The molecule has 1 rings (SSSR count). The van der Waals surface area contributed by atoms with Crippen LogP contribution in [0.5, 0.6) is 0 Å². The summed E-state index contributed by atoms with van der Waals surface area (Å²) in [7, 11) is 1.64. The number of hydrogen-bond donors (Lipinski definition) is 1. The summed E-state index contributed by atoms with van der Waals surface area (Å²) >= 11 is 0. The Bertz CT molecular complexity index is 678. The number of nitrogens with zero attached hydrogens (tertiary/aromatic N) is 1. The van der Waals surface area contributed by atoms with Crippen LogP contribution in [-0.2, 0) is 38.1 Å². The first kappa shape index (κ1) is 44.7. The Labute approximate surface area is 256 Å². The number of amides is 1. The van der Waals surface area contributed by atoms with Crippen LogP contribution in [0.25, 0.3) is 0 Å². The van der Waals surface area contributed by atoms with Crippen LogP contribution in [0.1, 0.15) is 115 Å². The van der Waals surface area contributed by atoms with Gasteiger partial charge in [0.15, 0.2) is 0 Å². The lowest BCUT2D eigenvalue weighted by Gasteiger charge is -2.43. The molecule has 0 aromatic rings. The zero-order chi connectivity index (χ0) is 33.4. The Morgan fingerprint density at radius 3 is 1.33 bits per heavy atom. The van der Waals surface area contributed by atoms with Gasteiger partial charge in [-0.1, -0.05) is 41.5 Å². The van der Waals surface area contributed by atoms with E-state index in [0.717, 1.165) is 0 Å². The van der Waals surface area contributed by atoms with E-state index in [1.54, 1.807) is 7.05 Å². The number of ketones is 3. The van der Waals surface area contributed by atoms with Crippen LogP contribution in [0.15, 0.2) is 0 Å². The molecule has 0 saturated heterocycles. The third kappa shape index (κ3) is 21.0. The second kappa shape index (κ2) is 25.7. The lowest BCUT2D eigenvalue weighted by molar-refractivity contribution is -0.167. The van der Waals surface area contributed by atoms with E-state index in [1.165, 1.54) is 25.7 Å². The molecular weight excluding hydrogens is 542 g/mol. The number of Topliss-reactive ketones (excluding diaryl/α,β-unsaturated/α-hetero) is 3. The third-order valence-corrected chi connectivity index (χ3v) is 6.13. The number of aliphatic hydroxyl groups is 1. The SMILES string of the molecule is CC.CC.CC.CC(=O)CCOCC(COCCC(C)=O)(COCCC(C)=O)N(C)C(=O)CC(C)(C)OC1CC(O)C1. The van der Waals surface area contributed by atoms with E-state index in [-0.39, 0.29) is 101 Å². The lowest BCUT2D eigenvalue weighted by Crippen LogP contribution is -2.60. The fourth-order valence-corrected chi connectivity index (χ4v) is 3.72. The highest BCUT2D eigenvalue weighted by Gasteiger charge is 2.42. The van der Waals surface area contributed by atoms with Crippen molar-refractivity contribution in [3.05, 3.63) is 0 Å². The number of carbonyl (C=O) groups is 4. The zero-order valence-corrected chi connectivity index (χ0v) is 28.8. The highest BCUT2D eigenvalue weighted by molar-refractivity contribution is 5.78. The first-order valence-corrected chi connectivity index (χ1v) is 15.6. The summed E-state index contributed by atoms with van der Waals surface area (Å²) in [5.74, 6) is -0.262. The maximum Gasteiger partial charge on any atom is 0.225 e. The summed E-state index contributed by atoms with van der Waals surface area (Å²) in [4.78, 5) is 49.1. The van der Waals surface area contributed by atoms with Gasteiger partial charge in [-0.05, 0) is 47.5 Å². The summed E-state index contributed by atoms with van der Waals surface area (Å²) in [6.07, 6.45) is 1.44. The highest BCUT2D eigenvalue weighted by Crippen LogP contribution is 2.30. The second-order valence-electron chi connectivity index (χ2n) is 10.5. The molecule has 0 spiro atoms. The van der Waals surface area contributed by atoms with Crippen LogP contribution in [0.4, 0.5) is 0 Å². The summed E-state index contributed by atoms with van der Waals surface area (Å²) in [5, 5.41) is 9.54. The molecule has 0 aliphatic heterocycles. The summed E-state index contributed by atoms with van der Waals surface area (Å²) < 4.78 is 23.4. The van der Waals surface area contributed by atoms with Crippen molar-refractivity contribution in [1.29, 1.82) is 0 Å². The van der Waals surface area contributed by atoms with Gasteiger partial charge in [0, 0.05) is 26.3 Å². The molecule has 10 nitrogen and oxygen atoms in total. The Kier molecular flexibility index (Phi) is 27.4. The average molecular weight is 606 g/mol. The molecule has 10 heteroatoms. The first-order valence-electron chi connectivity index (χ1n) is 15.6. The van der Waals surface area contributed by atoms with E-state index < -0.39 is 11.1 Å². The molecule has 1 amide bonds. The van der Waals surface area contributed by atoms with Crippen LogP contribution < -0.4 is 0 Å². The van der Waals surface area contributed by atoms with Crippen molar-refractivity contribution in [3.8, 4) is 0 Å². The van der Waals surface area contributed by atoms with E-state index in [1.807, 2.05) is 55.4 Å². The molecule has 0 aromatic heterocycles. The first-order chi connectivity index (χ1) is 19.8. The number of carbonyl (C=O) groups excluding carboxylic acids is 4. The van der Waals surface area contributed by atoms with Crippen LogP contribution in [0.2, 0.25) is 0 Å². The van der Waals surface area contributed by atoms with E-state index in [2.05, 4.69) is 0 Å². The second-order valence-corrected chi connectivity index (χ2v) is 10.5. The van der Waals surface area contributed by atoms with Crippen molar-refractivity contribution in [2.24, 2.45) is 0 Å². The van der Waals surface area contributed by atoms with Gasteiger partial charge >= 0.3 is 0 Å². The standard InChI is InChI=1S/C26H45NO9.3C2H6/c1-19(28)7-10-33-16-26(17-34-11-8-20(2)29,18-35-12-9-21(3)30)27(6)24(32)15-25(4,5)36-23-13-22(31)14-23;3*1-2/h22-23,31H,7-18H2,1-6H3;3*1-2H3. The molecule has 0 heterocycles. The topological polar surface area (TPSA) is 129 Å². The largest absolute Gasteiger partial charge is 0.393 e. The van der Waals surface area contributed by atoms with E-state index in [4.69, 9.17) is 18.9 Å². The number of likely N-dealkylation sites (N-methyl/N-ethyl adjacent to an activating group) is 1. The van der Waals surface area contributed by atoms with Crippen molar-refractivity contribution in [3.63, 3.8) is 0 Å². The molecule has 0 aromatic carbocycles. The average Bonchev–Trinajstić information content (AvgIpc) is 2.92. The smallest absolute Gasteiger partial charge is 0.225 e. The molecule has 42 heavy (non-hydrogen) atoms. The van der Waals surface area contributed by atoms with Gasteiger partial charge in [-0.2, -0.15) is 0 Å². The minimum atomic E-state index is -1.05. The molecule has 1 aliphatic rings. The monoisotopic (exact) mass is 605 g/mol. The van der Waals surface area contributed by atoms with Crippen molar-refractivity contribution in [2.45, 2.75) is 138 Å². The fourth-order valence-electron chi connectivity index (χ4n) is 3.72. The molecule has 0 bridgehead atoms. The summed E-state index contributed by atoms with van der Waals surface area (Å²) in [6, 6.07) is 0. The number of hydrogen-bond acceptors (Lipinski definition) is 9. The fraction of sp³-hybridized carbons (Fsp3) is 0.875. The van der Waals surface area contributed by atoms with E-state index >= 15 is 0 Å². The quantitative estimate of drug-likeness (QED) is 0.192. The molecule has 0 radical (unpaired) electrons. The van der Waals surface area contributed by atoms with Gasteiger partial charge in [0.05, 0.1) is 63.9 Å². The number of aliphatic hydroxyl groups excluding tert-OH is 1. The van der Waals surface area contributed by atoms with Crippen LogP contribution in [-0.4, -0.2) is 103 Å². The lowest BCUT2D eigenvalue weighted by atomic mass is 9.90. The molecule has 1 N–H and O–H groups in total. The minimum absolute atomic E-state index is 0.0135. The Morgan fingerprint density at radius 2 is 1.05 bits per heavy atom. The van der Waals surface area contributed by atoms with Crippen molar-refractivity contribution in [1.82, 2.24) is 4.90 Å². The number of ether oxygens (including phenoxy) is 4. The number of rotatable bonds is 20. The van der Waals surface area contributed by atoms with Gasteiger partial charge < -0.3 is 29.0 Å². The Balaban J connectivity index is -0.00000237. The van der Waals surface area contributed by atoms with Gasteiger partial charge in [0.2, 0.25) is 5.91 Å². The Morgan fingerprint density at radius 1 is 0.714 bits per heavy atom. The predicted octanol–water partition coefficient (Wildman–Crippen LogP) is 4.96. The van der Waals surface area contributed by atoms with Crippen molar-refractivity contribution >= 4 is 23.3 Å². The van der Waals surface area contributed by atoms with Gasteiger partial charge in [-0.3, -0.25) is 19.2 Å². The molecular formula is C32H63NO9. The highest BCUT2D eigenvalue weighted by atomic mass is 16.5. The molecule has 1 fully saturated rings. The summed E-state index contributed by atoms with van der Waals surface area (Å²) in [5.41, 5.74) is -1.81. The summed E-state index contributed by atoms with van der Waals surface area (Å²) in [6.45, 7) is 20.8. The maximum atomic E-state index is 13.4. The van der Waals surface area contributed by atoms with Crippen molar-refractivity contribution in [2.75, 3.05) is 46.7 Å². The zero-order valence-electron chi connectivity index (χ0n) is 28.8. The molecule has 1 aliphatic carbocycles. The molecule has 250 valence electrons. The van der Waals surface area contributed by atoms with Gasteiger partial charge in [0.25, 0.3) is 0 Å². The third-order valence-electron chi connectivity index (χ3n) is 6.13. The van der Waals surface area contributed by atoms with E-state index in [0.29, 0.717) is 12.8 Å².